The summed E-state index contributed by atoms with van der Waals surface area (Å²) in [5, 5.41) is 5.57. The molecule has 2 amide bonds. The van der Waals surface area contributed by atoms with E-state index in [4.69, 9.17) is 4.74 Å². The largest absolute Gasteiger partial charge is 0.453 e. The quantitative estimate of drug-likeness (QED) is 0.246. The van der Waals surface area contributed by atoms with E-state index in [2.05, 4.69) is 20.4 Å². The first-order valence-corrected chi connectivity index (χ1v) is 20.7. The molecule has 296 valence electrons. The maximum absolute atomic E-state index is 16.3. The number of benzene rings is 3. The Labute approximate surface area is 321 Å². The molecule has 3 atom stereocenters. The molecule has 3 saturated heterocycles. The topological polar surface area (TPSA) is 111 Å². The van der Waals surface area contributed by atoms with Gasteiger partial charge in [-0.25, -0.2) is 26.4 Å². The Hall–Kier alpha value is -4.14. The van der Waals surface area contributed by atoms with Crippen molar-refractivity contribution in [3.05, 3.63) is 89.5 Å². The first-order chi connectivity index (χ1) is 26.3. The summed E-state index contributed by atoms with van der Waals surface area (Å²) >= 11 is 0. The number of likely N-dealkylation sites (tertiary alicyclic amines) is 2. The SMILES string of the molecule is CNC(=O)c1cccc(S(=O)(=O)c2ccc(N3CC(F)(CN4CCC(C(CN5CCC5)(c5cccc(F)c5)[C@H]5CCC[C@@H]5NC(=O)OC)CC4)C3)c(F)c2)c1. The van der Waals surface area contributed by atoms with Gasteiger partial charge in [0.05, 0.1) is 35.7 Å². The highest BCUT2D eigenvalue weighted by Crippen LogP contribution is 2.52. The fourth-order valence-corrected chi connectivity index (χ4v) is 11.0. The number of halogens is 3. The maximum atomic E-state index is 16.3. The smallest absolute Gasteiger partial charge is 0.407 e. The van der Waals surface area contributed by atoms with Gasteiger partial charge in [-0.05, 0) is 124 Å². The van der Waals surface area contributed by atoms with Crippen molar-refractivity contribution in [1.29, 1.82) is 0 Å². The van der Waals surface area contributed by atoms with Crippen LogP contribution < -0.4 is 15.5 Å². The van der Waals surface area contributed by atoms with Crippen LogP contribution in [0.4, 0.5) is 23.7 Å². The molecule has 0 aromatic heterocycles. The van der Waals surface area contributed by atoms with Crippen LogP contribution in [0.1, 0.15) is 54.4 Å². The van der Waals surface area contributed by atoms with Crippen molar-refractivity contribution < 1.29 is 35.9 Å². The number of anilines is 1. The normalized spacial score (nSPS) is 23.0. The van der Waals surface area contributed by atoms with Crippen LogP contribution in [-0.4, -0.2) is 108 Å². The molecule has 14 heteroatoms. The number of hydrogen-bond donors (Lipinski definition) is 2. The van der Waals surface area contributed by atoms with E-state index in [-0.39, 0.29) is 64.4 Å². The van der Waals surface area contributed by atoms with E-state index in [1.165, 1.54) is 56.6 Å². The molecule has 4 aliphatic rings. The first-order valence-electron chi connectivity index (χ1n) is 19.2. The average molecular weight is 782 g/mol. The number of carbonyl (C=O) groups is 2. The van der Waals surface area contributed by atoms with E-state index >= 15 is 8.78 Å². The first kappa shape index (κ1) is 39.1. The number of alkyl carbamates (subject to hydrolysis) is 1. The van der Waals surface area contributed by atoms with Gasteiger partial charge < -0.3 is 25.2 Å². The van der Waals surface area contributed by atoms with Gasteiger partial charge in [-0.3, -0.25) is 9.69 Å². The fourth-order valence-electron chi connectivity index (χ4n) is 9.65. The van der Waals surface area contributed by atoms with Crippen molar-refractivity contribution in [2.75, 3.05) is 71.4 Å². The molecular weight excluding hydrogens is 732 g/mol. The third-order valence-electron chi connectivity index (χ3n) is 12.4. The Kier molecular flexibility index (Phi) is 11.2. The summed E-state index contributed by atoms with van der Waals surface area (Å²) in [7, 11) is -1.31. The molecule has 4 fully saturated rings. The molecule has 1 aliphatic carbocycles. The monoisotopic (exact) mass is 781 g/mol. The van der Waals surface area contributed by atoms with Crippen molar-refractivity contribution >= 4 is 27.5 Å². The minimum atomic E-state index is -4.12. The number of sulfone groups is 1. The van der Waals surface area contributed by atoms with Gasteiger partial charge in [-0.1, -0.05) is 24.6 Å². The molecule has 10 nitrogen and oxygen atoms in total. The number of rotatable bonds is 12. The predicted molar refractivity (Wildman–Crippen MR) is 203 cm³/mol. The lowest BCUT2D eigenvalue weighted by molar-refractivity contribution is 0.00575. The summed E-state index contributed by atoms with van der Waals surface area (Å²) in [6.45, 7) is 4.14. The van der Waals surface area contributed by atoms with Crippen molar-refractivity contribution in [1.82, 2.24) is 20.4 Å². The highest BCUT2D eigenvalue weighted by atomic mass is 32.2. The zero-order chi connectivity index (χ0) is 39.0. The Bertz CT molecular complexity index is 2000. The fraction of sp³-hybridized carbons (Fsp3) is 0.512. The second-order valence-corrected chi connectivity index (χ2v) is 17.7. The number of amides is 2. The lowest BCUT2D eigenvalue weighted by Crippen LogP contribution is -2.65. The zero-order valence-corrected chi connectivity index (χ0v) is 32.2. The van der Waals surface area contributed by atoms with E-state index in [1.807, 2.05) is 6.07 Å². The van der Waals surface area contributed by atoms with Gasteiger partial charge >= 0.3 is 6.09 Å². The molecule has 0 bridgehead atoms. The number of ether oxygens (including phenoxy) is 1. The summed E-state index contributed by atoms with van der Waals surface area (Å²) in [6, 6.07) is 16.0. The standard InChI is InChI=1S/C41H50F3N5O5S/c1-45-38(50)28-7-3-10-32(21-28)55(52,53)33-13-14-37(35(43)23-33)49-25-40(44,26-49)24-48-19-15-29(16-20-48)41(27-47-17-6-18-47,30-8-4-9-31(42)22-30)34-11-5-12-36(34)46-39(51)54-2/h3-4,7-10,13-14,21-23,29,34,36H,5-6,11-12,15-20,24-27H2,1-2H3,(H,45,50)(H,46,51)/t34-,36-,41?/m0/s1. The molecule has 3 heterocycles. The number of carbonyl (C=O) groups excluding carboxylic acids is 2. The van der Waals surface area contributed by atoms with Crippen LogP contribution >= 0.6 is 0 Å². The summed E-state index contributed by atoms with van der Waals surface area (Å²) in [5.74, 6) is -1.26. The third kappa shape index (κ3) is 7.82. The highest BCUT2D eigenvalue weighted by molar-refractivity contribution is 7.91. The molecule has 3 aromatic rings. The van der Waals surface area contributed by atoms with Crippen LogP contribution in [0.25, 0.3) is 0 Å². The highest BCUT2D eigenvalue weighted by Gasteiger charge is 2.54. The molecule has 55 heavy (non-hydrogen) atoms. The third-order valence-corrected chi connectivity index (χ3v) is 14.2. The second-order valence-electron chi connectivity index (χ2n) is 15.7. The number of alkyl halides is 1. The van der Waals surface area contributed by atoms with Gasteiger partial charge in [-0.15, -0.1) is 0 Å². The molecule has 0 spiro atoms. The summed E-state index contributed by atoms with van der Waals surface area (Å²) < 4.78 is 78.4. The second kappa shape index (κ2) is 15.8. The minimum Gasteiger partial charge on any atom is -0.453 e. The van der Waals surface area contributed by atoms with Crippen molar-refractivity contribution in [2.45, 2.75) is 65.4 Å². The van der Waals surface area contributed by atoms with Crippen LogP contribution in [0.15, 0.2) is 76.5 Å². The number of nitrogens with one attached hydrogen (secondary N) is 2. The lowest BCUT2D eigenvalue weighted by atomic mass is 9.57. The van der Waals surface area contributed by atoms with E-state index in [9.17, 15) is 22.4 Å². The van der Waals surface area contributed by atoms with Crippen LogP contribution in [0, 0.1) is 23.5 Å². The van der Waals surface area contributed by atoms with Crippen molar-refractivity contribution in [3.63, 3.8) is 0 Å². The summed E-state index contributed by atoms with van der Waals surface area (Å²) in [4.78, 5) is 30.3. The van der Waals surface area contributed by atoms with Crippen LogP contribution in [0.5, 0.6) is 0 Å². The number of methoxy groups -OCH3 is 1. The van der Waals surface area contributed by atoms with Gasteiger partial charge in [0.15, 0.2) is 5.67 Å². The molecule has 1 unspecified atom stereocenters. The summed E-state index contributed by atoms with van der Waals surface area (Å²) in [5.41, 5.74) is -0.763. The molecule has 3 aromatic carbocycles. The van der Waals surface area contributed by atoms with Gasteiger partial charge in [0.25, 0.3) is 5.91 Å². The summed E-state index contributed by atoms with van der Waals surface area (Å²) in [6.07, 6.45) is 4.88. The molecule has 0 radical (unpaired) electrons. The van der Waals surface area contributed by atoms with E-state index in [0.717, 1.165) is 69.8 Å². The molecule has 7 rings (SSSR count). The Morgan fingerprint density at radius 1 is 0.891 bits per heavy atom. The van der Waals surface area contributed by atoms with Crippen LogP contribution in [0.2, 0.25) is 0 Å². The zero-order valence-electron chi connectivity index (χ0n) is 31.4. The van der Waals surface area contributed by atoms with E-state index in [1.54, 1.807) is 17.0 Å². The van der Waals surface area contributed by atoms with E-state index in [0.29, 0.717) is 13.1 Å². The van der Waals surface area contributed by atoms with Gasteiger partial charge in [0.1, 0.15) is 11.6 Å². The van der Waals surface area contributed by atoms with Crippen LogP contribution in [0.3, 0.4) is 0 Å². The van der Waals surface area contributed by atoms with Gasteiger partial charge in [0, 0.05) is 37.2 Å². The number of hydrogen-bond acceptors (Lipinski definition) is 8. The minimum absolute atomic E-state index is 0.0325. The van der Waals surface area contributed by atoms with E-state index < -0.39 is 38.7 Å². The Morgan fingerprint density at radius 3 is 2.27 bits per heavy atom. The van der Waals surface area contributed by atoms with Crippen molar-refractivity contribution in [3.8, 4) is 0 Å². The maximum Gasteiger partial charge on any atom is 0.407 e. The van der Waals surface area contributed by atoms with Gasteiger partial charge in [-0.2, -0.15) is 0 Å². The number of nitrogens with zero attached hydrogens (tertiary/aromatic N) is 3. The molecule has 2 N–H and O–H groups in total. The van der Waals surface area contributed by atoms with Crippen LogP contribution in [-0.2, 0) is 20.0 Å². The predicted octanol–water partition coefficient (Wildman–Crippen LogP) is 5.57. The molecular formula is C41H50F3N5O5S. The Morgan fingerprint density at radius 2 is 1.62 bits per heavy atom. The molecule has 3 aliphatic heterocycles. The van der Waals surface area contributed by atoms with Crippen molar-refractivity contribution in [2.24, 2.45) is 11.8 Å². The molecule has 1 saturated carbocycles. The Balaban J connectivity index is 1.03. The lowest BCUT2D eigenvalue weighted by Gasteiger charge is -2.54. The van der Waals surface area contributed by atoms with Gasteiger partial charge in [0.2, 0.25) is 9.84 Å². The average Bonchev–Trinajstić information content (AvgIpc) is 3.61. The number of piperidine rings is 1.